The summed E-state index contributed by atoms with van der Waals surface area (Å²) in [5.41, 5.74) is 0.227. The first-order valence-electron chi connectivity index (χ1n) is 10.7. The Morgan fingerprint density at radius 1 is 1.00 bits per heavy atom. The molecule has 2 fully saturated rings. The highest BCUT2D eigenvalue weighted by atomic mass is 32.2. The quantitative estimate of drug-likeness (QED) is 0.511. The lowest BCUT2D eigenvalue weighted by Crippen LogP contribution is -2.37. The van der Waals surface area contributed by atoms with Crippen molar-refractivity contribution >= 4 is 21.8 Å². The first-order chi connectivity index (χ1) is 14.4. The Kier molecular flexibility index (Phi) is 7.71. The summed E-state index contributed by atoms with van der Waals surface area (Å²) >= 11 is 0. The van der Waals surface area contributed by atoms with E-state index in [1.54, 1.807) is 0 Å². The van der Waals surface area contributed by atoms with Crippen LogP contribution in [0.4, 0.5) is 0 Å². The van der Waals surface area contributed by atoms with Crippen LogP contribution in [0.5, 0.6) is 5.75 Å². The molecule has 0 atom stereocenters. The van der Waals surface area contributed by atoms with Gasteiger partial charge in [-0.05, 0) is 43.9 Å². The monoisotopic (exact) mass is 437 g/mol. The van der Waals surface area contributed by atoms with Gasteiger partial charge in [-0.15, -0.1) is 0 Å². The van der Waals surface area contributed by atoms with E-state index in [-0.39, 0.29) is 40.6 Å². The van der Waals surface area contributed by atoms with E-state index >= 15 is 0 Å². The summed E-state index contributed by atoms with van der Waals surface area (Å²) < 4.78 is 33.6. The molecule has 0 spiro atoms. The number of sulfonamides is 1. The normalized spacial score (nSPS) is 17.8. The number of carbonyl (C=O) groups excluding carboxylic acids is 2. The Bertz CT molecular complexity index is 859. The second-order valence-corrected chi connectivity index (χ2v) is 9.68. The zero-order chi connectivity index (χ0) is 21.6. The van der Waals surface area contributed by atoms with Crippen molar-refractivity contribution < 1.29 is 22.7 Å². The van der Waals surface area contributed by atoms with Crippen molar-refractivity contribution in [3.05, 3.63) is 23.8 Å². The van der Waals surface area contributed by atoms with Crippen LogP contribution in [0.2, 0.25) is 0 Å². The number of nitrogens with one attached hydrogen (secondary N) is 3. The minimum Gasteiger partial charge on any atom is -0.495 e. The highest BCUT2D eigenvalue weighted by Gasteiger charge is 2.27. The number of methoxy groups -OCH3 is 1. The van der Waals surface area contributed by atoms with Gasteiger partial charge < -0.3 is 15.4 Å². The van der Waals surface area contributed by atoms with Crippen LogP contribution in [0.3, 0.4) is 0 Å². The number of amides is 2. The number of rotatable bonds is 9. The molecule has 2 amide bonds. The van der Waals surface area contributed by atoms with Crippen LogP contribution in [-0.2, 0) is 14.8 Å². The van der Waals surface area contributed by atoms with Crippen molar-refractivity contribution in [1.29, 1.82) is 0 Å². The van der Waals surface area contributed by atoms with E-state index < -0.39 is 15.9 Å². The predicted molar refractivity (Wildman–Crippen MR) is 113 cm³/mol. The zero-order valence-electron chi connectivity index (χ0n) is 17.4. The van der Waals surface area contributed by atoms with Crippen LogP contribution in [0.25, 0.3) is 0 Å². The Hall–Kier alpha value is -2.13. The fourth-order valence-electron chi connectivity index (χ4n) is 4.15. The Balaban J connectivity index is 1.59. The molecule has 0 unspecified atom stereocenters. The van der Waals surface area contributed by atoms with E-state index in [0.29, 0.717) is 6.54 Å². The first kappa shape index (κ1) is 22.6. The average molecular weight is 438 g/mol. The van der Waals surface area contributed by atoms with Crippen LogP contribution < -0.4 is 20.1 Å². The molecule has 0 bridgehead atoms. The van der Waals surface area contributed by atoms with Gasteiger partial charge in [0.05, 0.1) is 7.11 Å². The van der Waals surface area contributed by atoms with Gasteiger partial charge in [-0.2, -0.15) is 0 Å². The second-order valence-electron chi connectivity index (χ2n) is 8.00. The van der Waals surface area contributed by atoms with Crippen molar-refractivity contribution in [2.45, 2.75) is 62.3 Å². The molecule has 30 heavy (non-hydrogen) atoms. The van der Waals surface area contributed by atoms with Gasteiger partial charge >= 0.3 is 0 Å². The fraction of sp³-hybridized carbons (Fsp3) is 0.619. The molecule has 8 nitrogen and oxygen atoms in total. The van der Waals surface area contributed by atoms with E-state index in [0.717, 1.165) is 51.4 Å². The highest BCUT2D eigenvalue weighted by Crippen LogP contribution is 2.27. The van der Waals surface area contributed by atoms with E-state index in [1.807, 2.05) is 0 Å². The molecule has 9 heteroatoms. The molecule has 166 valence electrons. The molecule has 0 aromatic heterocycles. The average Bonchev–Trinajstić information content (AvgIpc) is 3.44. The third-order valence-corrected chi connectivity index (χ3v) is 7.37. The molecule has 1 aromatic rings. The SMILES string of the molecule is COc1ccc(C(=O)NCCNC(=O)C2CCCC2)cc1S(=O)(=O)NC1CCCC1. The highest BCUT2D eigenvalue weighted by molar-refractivity contribution is 7.89. The molecule has 2 aliphatic carbocycles. The van der Waals surface area contributed by atoms with Crippen molar-refractivity contribution in [3.8, 4) is 5.75 Å². The van der Waals surface area contributed by atoms with Crippen LogP contribution in [0.15, 0.2) is 23.1 Å². The minimum atomic E-state index is -3.80. The molecule has 2 saturated carbocycles. The van der Waals surface area contributed by atoms with Gasteiger partial charge in [-0.25, -0.2) is 13.1 Å². The smallest absolute Gasteiger partial charge is 0.251 e. The summed E-state index contributed by atoms with van der Waals surface area (Å²) in [5.74, 6) is -0.0778. The zero-order valence-corrected chi connectivity index (χ0v) is 18.2. The van der Waals surface area contributed by atoms with E-state index in [4.69, 9.17) is 4.74 Å². The predicted octanol–water partition coefficient (Wildman–Crippen LogP) is 1.95. The largest absolute Gasteiger partial charge is 0.495 e. The molecule has 3 N–H and O–H groups in total. The van der Waals surface area contributed by atoms with Crippen molar-refractivity contribution in [2.75, 3.05) is 20.2 Å². The molecule has 1 aromatic carbocycles. The molecule has 0 saturated heterocycles. The van der Waals surface area contributed by atoms with Crippen molar-refractivity contribution in [1.82, 2.24) is 15.4 Å². The number of benzene rings is 1. The van der Waals surface area contributed by atoms with Gasteiger partial charge in [-0.1, -0.05) is 25.7 Å². The molecular formula is C21H31N3O5S. The van der Waals surface area contributed by atoms with Crippen molar-refractivity contribution in [2.24, 2.45) is 5.92 Å². The first-order valence-corrected chi connectivity index (χ1v) is 12.2. The Morgan fingerprint density at radius 2 is 1.63 bits per heavy atom. The molecule has 0 heterocycles. The third kappa shape index (κ3) is 5.72. The van der Waals surface area contributed by atoms with Crippen molar-refractivity contribution in [3.63, 3.8) is 0 Å². The third-order valence-electron chi connectivity index (χ3n) is 5.83. The lowest BCUT2D eigenvalue weighted by atomic mass is 10.1. The summed E-state index contributed by atoms with van der Waals surface area (Å²) in [4.78, 5) is 24.5. The molecular weight excluding hydrogens is 406 g/mol. The Morgan fingerprint density at radius 3 is 2.30 bits per heavy atom. The van der Waals surface area contributed by atoms with Gasteiger partial charge in [0, 0.05) is 30.6 Å². The van der Waals surface area contributed by atoms with Crippen LogP contribution >= 0.6 is 0 Å². The summed E-state index contributed by atoms with van der Waals surface area (Å²) in [6.45, 7) is 0.608. The second kappa shape index (κ2) is 10.3. The maximum absolute atomic E-state index is 12.8. The van der Waals surface area contributed by atoms with Gasteiger partial charge in [0.25, 0.3) is 5.91 Å². The van der Waals surface area contributed by atoms with E-state index in [1.165, 1.54) is 25.3 Å². The summed E-state index contributed by atoms with van der Waals surface area (Å²) in [7, 11) is -2.40. The van der Waals surface area contributed by atoms with Crippen LogP contribution in [-0.4, -0.2) is 46.5 Å². The van der Waals surface area contributed by atoms with Crippen LogP contribution in [0, 0.1) is 5.92 Å². The van der Waals surface area contributed by atoms with E-state index in [2.05, 4.69) is 15.4 Å². The van der Waals surface area contributed by atoms with Gasteiger partial charge in [0.2, 0.25) is 15.9 Å². The standard InChI is InChI=1S/C21H31N3O5S/c1-29-18-11-10-16(14-19(18)30(27,28)24-17-8-4-5-9-17)21(26)23-13-12-22-20(25)15-6-2-3-7-15/h10-11,14-15,17,24H,2-9,12-13H2,1H3,(H,22,25)(H,23,26). The topological polar surface area (TPSA) is 114 Å². The molecule has 0 aliphatic heterocycles. The summed E-state index contributed by atoms with van der Waals surface area (Å²) in [6.07, 6.45) is 7.67. The molecule has 2 aliphatic rings. The fourth-order valence-corrected chi connectivity index (χ4v) is 5.65. The number of hydrogen-bond donors (Lipinski definition) is 3. The molecule has 3 rings (SSSR count). The maximum Gasteiger partial charge on any atom is 0.251 e. The minimum absolute atomic E-state index is 0.0394. The lowest BCUT2D eigenvalue weighted by Gasteiger charge is -2.16. The van der Waals surface area contributed by atoms with Crippen LogP contribution in [0.1, 0.15) is 61.7 Å². The Labute approximate surface area is 178 Å². The maximum atomic E-state index is 12.8. The van der Waals surface area contributed by atoms with Gasteiger partial charge in [0.1, 0.15) is 10.6 Å². The van der Waals surface area contributed by atoms with E-state index in [9.17, 15) is 18.0 Å². The lowest BCUT2D eigenvalue weighted by molar-refractivity contribution is -0.124. The number of hydrogen-bond acceptors (Lipinski definition) is 5. The van der Waals surface area contributed by atoms with Gasteiger partial charge in [-0.3, -0.25) is 9.59 Å². The number of ether oxygens (including phenoxy) is 1. The summed E-state index contributed by atoms with van der Waals surface area (Å²) in [6, 6.07) is 4.27. The molecule has 0 radical (unpaired) electrons. The summed E-state index contributed by atoms with van der Waals surface area (Å²) in [5, 5.41) is 5.57. The number of carbonyl (C=O) groups is 2. The van der Waals surface area contributed by atoms with Gasteiger partial charge in [0.15, 0.2) is 0 Å².